The summed E-state index contributed by atoms with van der Waals surface area (Å²) >= 11 is 7.06. The van der Waals surface area contributed by atoms with Crippen molar-refractivity contribution in [1.82, 2.24) is 20.1 Å². The highest BCUT2D eigenvalue weighted by molar-refractivity contribution is 7.99. The second-order valence-electron chi connectivity index (χ2n) is 4.96. The third-order valence-electron chi connectivity index (χ3n) is 3.25. The predicted molar refractivity (Wildman–Crippen MR) is 94.6 cm³/mol. The van der Waals surface area contributed by atoms with Crippen LogP contribution in [-0.2, 0) is 4.79 Å². The van der Waals surface area contributed by atoms with Gasteiger partial charge in [-0.1, -0.05) is 23.4 Å². The fourth-order valence-corrected chi connectivity index (χ4v) is 2.82. The zero-order chi connectivity index (χ0) is 18.1. The van der Waals surface area contributed by atoms with Crippen molar-refractivity contribution >= 4 is 29.3 Å². The van der Waals surface area contributed by atoms with Crippen LogP contribution < -0.4 is 0 Å². The Hall–Kier alpha value is -2.55. The number of amides is 1. The van der Waals surface area contributed by atoms with E-state index in [1.807, 2.05) is 24.3 Å². The van der Waals surface area contributed by atoms with Crippen molar-refractivity contribution in [2.45, 2.75) is 18.0 Å². The molecule has 1 N–H and O–H groups in total. The van der Waals surface area contributed by atoms with Crippen molar-refractivity contribution in [3.8, 4) is 23.5 Å². The van der Waals surface area contributed by atoms with Gasteiger partial charge in [0.15, 0.2) is 5.82 Å². The van der Waals surface area contributed by atoms with E-state index in [0.29, 0.717) is 29.1 Å². The molecule has 2 rings (SSSR count). The molecule has 1 aromatic carbocycles. The summed E-state index contributed by atoms with van der Waals surface area (Å²) in [7, 11) is 0. The van der Waals surface area contributed by atoms with Crippen molar-refractivity contribution in [1.29, 1.82) is 10.5 Å². The summed E-state index contributed by atoms with van der Waals surface area (Å²) in [5, 5.41) is 25.3. The summed E-state index contributed by atoms with van der Waals surface area (Å²) in [6, 6.07) is 11.2. The number of carbonyl (C=O) groups is 1. The van der Waals surface area contributed by atoms with E-state index in [0.717, 1.165) is 5.56 Å². The first-order valence-corrected chi connectivity index (χ1v) is 8.83. The molecule has 0 radical (unpaired) electrons. The molecule has 0 aliphatic carbocycles. The van der Waals surface area contributed by atoms with Crippen molar-refractivity contribution in [3.05, 3.63) is 29.3 Å². The number of aromatic amines is 1. The molecule has 1 heterocycles. The minimum Gasteiger partial charge on any atom is -0.340 e. The van der Waals surface area contributed by atoms with Gasteiger partial charge in [0.25, 0.3) is 0 Å². The van der Waals surface area contributed by atoms with Crippen LogP contribution in [0.3, 0.4) is 0 Å². The molecule has 0 saturated heterocycles. The first kappa shape index (κ1) is 18.8. The van der Waals surface area contributed by atoms with E-state index in [2.05, 4.69) is 15.2 Å². The van der Waals surface area contributed by atoms with Gasteiger partial charge in [0.1, 0.15) is 0 Å². The third kappa shape index (κ3) is 5.79. The molecule has 9 heteroatoms. The fourth-order valence-electron chi connectivity index (χ4n) is 2.00. The number of nitrogens with one attached hydrogen (secondary N) is 1. The summed E-state index contributed by atoms with van der Waals surface area (Å²) < 4.78 is 0. The zero-order valence-electron chi connectivity index (χ0n) is 13.3. The molecule has 25 heavy (non-hydrogen) atoms. The van der Waals surface area contributed by atoms with Crippen LogP contribution in [0, 0.1) is 22.7 Å². The Morgan fingerprint density at radius 2 is 1.84 bits per heavy atom. The largest absolute Gasteiger partial charge is 0.340 e. The van der Waals surface area contributed by atoms with E-state index < -0.39 is 0 Å². The highest BCUT2D eigenvalue weighted by Gasteiger charge is 2.15. The minimum absolute atomic E-state index is 0.145. The Kier molecular flexibility index (Phi) is 7.27. The van der Waals surface area contributed by atoms with Gasteiger partial charge in [-0.2, -0.15) is 10.5 Å². The summed E-state index contributed by atoms with van der Waals surface area (Å²) in [5.74, 6) is 0.597. The number of rotatable bonds is 8. The first-order chi connectivity index (χ1) is 12.1. The second kappa shape index (κ2) is 9.67. The lowest BCUT2D eigenvalue weighted by Gasteiger charge is -2.19. The van der Waals surface area contributed by atoms with Crippen LogP contribution in [0.1, 0.15) is 12.8 Å². The van der Waals surface area contributed by atoms with Crippen LogP contribution in [0.5, 0.6) is 0 Å². The van der Waals surface area contributed by atoms with E-state index in [-0.39, 0.29) is 24.5 Å². The van der Waals surface area contributed by atoms with E-state index in [4.69, 9.17) is 22.1 Å². The fraction of sp³-hybridized carbons (Fsp3) is 0.312. The minimum atomic E-state index is -0.145. The summed E-state index contributed by atoms with van der Waals surface area (Å²) in [6.45, 7) is 0.642. The average molecular weight is 375 g/mol. The lowest BCUT2D eigenvalue weighted by Crippen LogP contribution is -2.34. The van der Waals surface area contributed by atoms with Crippen molar-refractivity contribution in [3.63, 3.8) is 0 Å². The Morgan fingerprint density at radius 1 is 1.20 bits per heavy atom. The quantitative estimate of drug-likeness (QED) is 0.711. The highest BCUT2D eigenvalue weighted by atomic mass is 35.5. The number of aromatic nitrogens is 3. The number of benzene rings is 1. The van der Waals surface area contributed by atoms with Gasteiger partial charge in [-0.05, 0) is 24.3 Å². The SMILES string of the molecule is N#CCCN(CCC#N)C(=O)CSc1n[nH]c(-c2ccc(Cl)cc2)n1. The van der Waals surface area contributed by atoms with E-state index in [9.17, 15) is 4.79 Å². The Labute approximate surface area is 154 Å². The van der Waals surface area contributed by atoms with Crippen LogP contribution in [0.4, 0.5) is 0 Å². The molecule has 0 bridgehead atoms. The molecule has 0 fully saturated rings. The molecule has 0 spiro atoms. The normalized spacial score (nSPS) is 10.0. The molecule has 128 valence electrons. The van der Waals surface area contributed by atoms with Crippen LogP contribution >= 0.6 is 23.4 Å². The van der Waals surface area contributed by atoms with Gasteiger partial charge in [-0.25, -0.2) is 4.98 Å². The number of carbonyl (C=O) groups excluding carboxylic acids is 1. The lowest BCUT2D eigenvalue weighted by molar-refractivity contribution is -0.128. The maximum absolute atomic E-state index is 12.2. The molecule has 0 aliphatic rings. The summed E-state index contributed by atoms with van der Waals surface area (Å²) in [4.78, 5) is 18.1. The van der Waals surface area contributed by atoms with Crippen LogP contribution in [-0.4, -0.2) is 44.8 Å². The Morgan fingerprint density at radius 3 is 2.44 bits per heavy atom. The molecule has 0 aliphatic heterocycles. The molecule has 1 aromatic heterocycles. The lowest BCUT2D eigenvalue weighted by atomic mass is 10.2. The first-order valence-electron chi connectivity index (χ1n) is 7.47. The smallest absolute Gasteiger partial charge is 0.233 e. The average Bonchev–Trinajstić information content (AvgIpc) is 3.09. The van der Waals surface area contributed by atoms with E-state index in [1.165, 1.54) is 16.7 Å². The van der Waals surface area contributed by atoms with Crippen LogP contribution in [0.15, 0.2) is 29.4 Å². The zero-order valence-corrected chi connectivity index (χ0v) is 14.8. The predicted octanol–water partition coefficient (Wildman–Crippen LogP) is 2.87. The number of nitrogens with zero attached hydrogens (tertiary/aromatic N) is 5. The number of halogens is 1. The topological polar surface area (TPSA) is 109 Å². The van der Waals surface area contributed by atoms with Gasteiger partial charge in [-0.15, -0.1) is 5.10 Å². The van der Waals surface area contributed by atoms with E-state index >= 15 is 0 Å². The van der Waals surface area contributed by atoms with Gasteiger partial charge in [0.05, 0.1) is 30.7 Å². The standard InChI is InChI=1S/C16H15ClN6OS/c17-13-5-3-12(4-6-13)15-20-16(22-21-15)25-11-14(24)23(9-1-7-18)10-2-8-19/h3-6H,1-2,9-11H2,(H,20,21,22). The maximum atomic E-state index is 12.2. The number of hydrogen-bond acceptors (Lipinski definition) is 6. The second-order valence-corrected chi connectivity index (χ2v) is 6.34. The molecule has 0 saturated carbocycles. The van der Waals surface area contributed by atoms with Crippen molar-refractivity contribution in [2.75, 3.05) is 18.8 Å². The van der Waals surface area contributed by atoms with E-state index in [1.54, 1.807) is 12.1 Å². The summed E-state index contributed by atoms with van der Waals surface area (Å²) in [5.41, 5.74) is 0.847. The Bertz CT molecular complexity index is 774. The summed E-state index contributed by atoms with van der Waals surface area (Å²) in [6.07, 6.45) is 0.479. The molecular weight excluding hydrogens is 360 g/mol. The van der Waals surface area contributed by atoms with Gasteiger partial charge in [0.2, 0.25) is 11.1 Å². The van der Waals surface area contributed by atoms with Gasteiger partial charge in [0, 0.05) is 23.7 Å². The maximum Gasteiger partial charge on any atom is 0.233 e. The molecule has 1 amide bonds. The van der Waals surface area contributed by atoms with Crippen LogP contribution in [0.2, 0.25) is 5.02 Å². The van der Waals surface area contributed by atoms with Gasteiger partial charge >= 0.3 is 0 Å². The molecule has 2 aromatic rings. The number of thioether (sulfide) groups is 1. The van der Waals surface area contributed by atoms with Crippen LogP contribution in [0.25, 0.3) is 11.4 Å². The molecule has 7 nitrogen and oxygen atoms in total. The van der Waals surface area contributed by atoms with Gasteiger partial charge < -0.3 is 4.90 Å². The molecule has 0 unspecified atom stereocenters. The molecule has 0 atom stereocenters. The van der Waals surface area contributed by atoms with Crippen molar-refractivity contribution < 1.29 is 4.79 Å². The monoisotopic (exact) mass is 374 g/mol. The third-order valence-corrected chi connectivity index (χ3v) is 4.33. The van der Waals surface area contributed by atoms with Crippen molar-refractivity contribution in [2.24, 2.45) is 0 Å². The Balaban J connectivity index is 1.93. The van der Waals surface area contributed by atoms with Gasteiger partial charge in [-0.3, -0.25) is 9.89 Å². The number of H-pyrrole nitrogens is 1. The molecular formula is C16H15ClN6OS. The number of nitriles is 2. The highest BCUT2D eigenvalue weighted by Crippen LogP contribution is 2.21. The number of hydrogen-bond donors (Lipinski definition) is 1.